The lowest BCUT2D eigenvalue weighted by atomic mass is 10.1. The number of hydrogen-bond donors (Lipinski definition) is 1. The number of furan rings is 1. The largest absolute Gasteiger partial charge is 0.451 e. The van der Waals surface area contributed by atoms with Crippen LogP contribution in [0.2, 0.25) is 5.02 Å². The van der Waals surface area contributed by atoms with Gasteiger partial charge >= 0.3 is 0 Å². The Labute approximate surface area is 167 Å². The molecule has 0 aliphatic heterocycles. The SMILES string of the molecule is CS(=O)(=O)Cc1c(C(=O)NCCSc2ccc(Cl)cc2)oc2ccccc12. The number of fused-ring (bicyclic) bond motifs is 1. The number of sulfone groups is 1. The third-order valence-corrected chi connectivity index (χ3v) is 5.86. The monoisotopic (exact) mass is 423 g/mol. The van der Waals surface area contributed by atoms with E-state index in [9.17, 15) is 13.2 Å². The van der Waals surface area contributed by atoms with Crippen LogP contribution in [0.3, 0.4) is 0 Å². The first-order valence-electron chi connectivity index (χ1n) is 8.18. The number of halogens is 1. The summed E-state index contributed by atoms with van der Waals surface area (Å²) in [6.07, 6.45) is 1.14. The highest BCUT2D eigenvalue weighted by atomic mass is 35.5. The van der Waals surface area contributed by atoms with E-state index in [-0.39, 0.29) is 11.5 Å². The van der Waals surface area contributed by atoms with E-state index in [1.807, 2.05) is 24.3 Å². The summed E-state index contributed by atoms with van der Waals surface area (Å²) >= 11 is 7.44. The quantitative estimate of drug-likeness (QED) is 0.456. The second-order valence-corrected chi connectivity index (χ2v) is 9.78. The van der Waals surface area contributed by atoms with Crippen LogP contribution in [0.1, 0.15) is 16.1 Å². The highest BCUT2D eigenvalue weighted by Crippen LogP contribution is 2.27. The summed E-state index contributed by atoms with van der Waals surface area (Å²) in [5.41, 5.74) is 0.896. The van der Waals surface area contributed by atoms with Crippen LogP contribution in [0.5, 0.6) is 0 Å². The highest BCUT2D eigenvalue weighted by Gasteiger charge is 2.22. The molecule has 142 valence electrons. The maximum absolute atomic E-state index is 12.6. The van der Waals surface area contributed by atoms with Crippen molar-refractivity contribution in [3.8, 4) is 0 Å². The molecule has 0 aliphatic carbocycles. The number of carbonyl (C=O) groups is 1. The Balaban J connectivity index is 1.69. The molecule has 27 heavy (non-hydrogen) atoms. The Morgan fingerprint density at radius 1 is 1.15 bits per heavy atom. The zero-order valence-electron chi connectivity index (χ0n) is 14.6. The molecule has 1 heterocycles. The van der Waals surface area contributed by atoms with Gasteiger partial charge in [-0.1, -0.05) is 29.8 Å². The van der Waals surface area contributed by atoms with Gasteiger partial charge in [0.05, 0.1) is 5.75 Å². The Morgan fingerprint density at radius 2 is 1.85 bits per heavy atom. The number of thioether (sulfide) groups is 1. The van der Waals surface area contributed by atoms with Crippen molar-refractivity contribution in [3.05, 3.63) is 64.9 Å². The molecule has 0 saturated carbocycles. The molecule has 0 radical (unpaired) electrons. The molecular formula is C19H18ClNO4S2. The van der Waals surface area contributed by atoms with Crippen molar-refractivity contribution in [1.29, 1.82) is 0 Å². The Hall–Kier alpha value is -1.96. The van der Waals surface area contributed by atoms with E-state index in [2.05, 4.69) is 5.32 Å². The van der Waals surface area contributed by atoms with Gasteiger partial charge in [-0.15, -0.1) is 11.8 Å². The summed E-state index contributed by atoms with van der Waals surface area (Å²) in [5, 5.41) is 4.11. The molecule has 5 nitrogen and oxygen atoms in total. The van der Waals surface area contributed by atoms with Crippen molar-refractivity contribution in [2.75, 3.05) is 18.6 Å². The predicted octanol–water partition coefficient (Wildman–Crippen LogP) is 4.15. The number of carbonyl (C=O) groups excluding carboxylic acids is 1. The van der Waals surface area contributed by atoms with Gasteiger partial charge in [-0.3, -0.25) is 4.79 Å². The second kappa shape index (κ2) is 8.37. The second-order valence-electron chi connectivity index (χ2n) is 6.03. The minimum Gasteiger partial charge on any atom is -0.451 e. The first kappa shape index (κ1) is 19.8. The zero-order valence-corrected chi connectivity index (χ0v) is 17.0. The summed E-state index contributed by atoms with van der Waals surface area (Å²) in [4.78, 5) is 13.6. The molecule has 3 aromatic rings. The summed E-state index contributed by atoms with van der Waals surface area (Å²) in [7, 11) is -3.31. The molecule has 0 atom stereocenters. The molecule has 0 fully saturated rings. The van der Waals surface area contributed by atoms with Crippen LogP contribution in [0.25, 0.3) is 11.0 Å². The van der Waals surface area contributed by atoms with Gasteiger partial charge in [-0.2, -0.15) is 0 Å². The third kappa shape index (κ3) is 5.28. The Kier molecular flexibility index (Phi) is 6.14. The molecule has 1 N–H and O–H groups in total. The Morgan fingerprint density at radius 3 is 2.56 bits per heavy atom. The molecule has 8 heteroatoms. The minimum absolute atomic E-state index is 0.0538. The lowest BCUT2D eigenvalue weighted by Crippen LogP contribution is -2.26. The number of nitrogens with one attached hydrogen (secondary N) is 1. The molecule has 0 spiro atoms. The van der Waals surface area contributed by atoms with Crippen LogP contribution < -0.4 is 5.32 Å². The van der Waals surface area contributed by atoms with E-state index in [0.717, 1.165) is 11.2 Å². The van der Waals surface area contributed by atoms with Crippen LogP contribution in [-0.2, 0) is 15.6 Å². The lowest BCUT2D eigenvalue weighted by molar-refractivity contribution is 0.0929. The van der Waals surface area contributed by atoms with Crippen molar-refractivity contribution in [2.24, 2.45) is 0 Å². The van der Waals surface area contributed by atoms with Gasteiger partial charge in [0.1, 0.15) is 5.58 Å². The topological polar surface area (TPSA) is 76.4 Å². The van der Waals surface area contributed by atoms with Crippen molar-refractivity contribution < 1.29 is 17.6 Å². The fourth-order valence-electron chi connectivity index (χ4n) is 2.63. The van der Waals surface area contributed by atoms with Crippen LogP contribution in [0.15, 0.2) is 57.8 Å². The Bertz CT molecular complexity index is 1060. The van der Waals surface area contributed by atoms with E-state index in [1.54, 1.807) is 36.0 Å². The molecular weight excluding hydrogens is 406 g/mol. The molecule has 0 unspecified atom stereocenters. The van der Waals surface area contributed by atoms with Gasteiger partial charge in [-0.25, -0.2) is 8.42 Å². The third-order valence-electron chi connectivity index (χ3n) is 3.78. The van der Waals surface area contributed by atoms with Crippen molar-refractivity contribution in [1.82, 2.24) is 5.32 Å². The predicted molar refractivity (Wildman–Crippen MR) is 109 cm³/mol. The number of benzene rings is 2. The van der Waals surface area contributed by atoms with E-state index < -0.39 is 15.7 Å². The van der Waals surface area contributed by atoms with E-state index in [0.29, 0.717) is 33.9 Å². The van der Waals surface area contributed by atoms with E-state index in [1.165, 1.54) is 0 Å². The zero-order chi connectivity index (χ0) is 19.4. The lowest BCUT2D eigenvalue weighted by Gasteiger charge is -2.05. The van der Waals surface area contributed by atoms with Gasteiger partial charge in [0, 0.05) is 39.4 Å². The van der Waals surface area contributed by atoms with Gasteiger partial charge in [-0.05, 0) is 30.3 Å². The molecule has 1 amide bonds. The maximum Gasteiger partial charge on any atom is 0.287 e. The summed E-state index contributed by atoms with van der Waals surface area (Å²) < 4.78 is 29.2. The van der Waals surface area contributed by atoms with Crippen molar-refractivity contribution >= 4 is 50.1 Å². The summed E-state index contributed by atoms with van der Waals surface area (Å²) in [6.45, 7) is 0.418. The number of rotatable bonds is 7. The highest BCUT2D eigenvalue weighted by molar-refractivity contribution is 7.99. The molecule has 0 saturated heterocycles. The van der Waals surface area contributed by atoms with Crippen LogP contribution >= 0.6 is 23.4 Å². The summed E-state index contributed by atoms with van der Waals surface area (Å²) in [5.74, 6) is 0.0565. The molecule has 0 bridgehead atoms. The first-order valence-corrected chi connectivity index (χ1v) is 11.6. The fraction of sp³-hybridized carbons (Fsp3) is 0.211. The minimum atomic E-state index is -3.31. The van der Waals surface area contributed by atoms with Crippen LogP contribution in [0, 0.1) is 0 Å². The number of para-hydroxylation sites is 1. The number of hydrogen-bond acceptors (Lipinski definition) is 5. The maximum atomic E-state index is 12.6. The van der Waals surface area contributed by atoms with Crippen LogP contribution in [-0.4, -0.2) is 32.9 Å². The standard InChI is InChI=1S/C19H18ClNO4S2/c1-27(23,24)12-16-15-4-2-3-5-17(15)25-18(16)19(22)21-10-11-26-14-8-6-13(20)7-9-14/h2-9H,10-12H2,1H3,(H,21,22). The van der Waals surface area contributed by atoms with Crippen molar-refractivity contribution in [2.45, 2.75) is 10.6 Å². The van der Waals surface area contributed by atoms with E-state index in [4.69, 9.17) is 16.0 Å². The normalized spacial score (nSPS) is 11.6. The first-order chi connectivity index (χ1) is 12.8. The van der Waals surface area contributed by atoms with Crippen molar-refractivity contribution in [3.63, 3.8) is 0 Å². The number of amides is 1. The molecule has 1 aromatic heterocycles. The molecule has 2 aromatic carbocycles. The van der Waals surface area contributed by atoms with Gasteiger partial charge < -0.3 is 9.73 Å². The van der Waals surface area contributed by atoms with Gasteiger partial charge in [0.15, 0.2) is 15.6 Å². The van der Waals surface area contributed by atoms with E-state index >= 15 is 0 Å². The van der Waals surface area contributed by atoms with Crippen LogP contribution in [0.4, 0.5) is 0 Å². The molecule has 3 rings (SSSR count). The smallest absolute Gasteiger partial charge is 0.287 e. The molecule has 0 aliphatic rings. The van der Waals surface area contributed by atoms with Gasteiger partial charge in [0.25, 0.3) is 5.91 Å². The summed E-state index contributed by atoms with van der Waals surface area (Å²) in [6, 6.07) is 14.5. The fourth-order valence-corrected chi connectivity index (χ4v) is 4.34. The average Bonchev–Trinajstić information content (AvgIpc) is 2.97. The average molecular weight is 424 g/mol. The van der Waals surface area contributed by atoms with Gasteiger partial charge in [0.2, 0.25) is 0 Å².